The predicted molar refractivity (Wildman–Crippen MR) is 136 cm³/mol. The molecule has 0 bridgehead atoms. The molecule has 0 saturated carbocycles. The van der Waals surface area contributed by atoms with E-state index >= 15 is 0 Å². The average Bonchev–Trinajstić information content (AvgIpc) is 2.82. The molecular weight excluding hydrogens is 400 g/mol. The van der Waals surface area contributed by atoms with Gasteiger partial charge in [0.2, 0.25) is 0 Å². The topological polar surface area (TPSA) is 0 Å². The molecule has 0 aliphatic heterocycles. The Bertz CT molecular complexity index is 1230. The van der Waals surface area contributed by atoms with Crippen LogP contribution in [0, 0.1) is 0 Å². The number of hydrogen-bond acceptors (Lipinski definition) is 2. The summed E-state index contributed by atoms with van der Waals surface area (Å²) in [6.07, 6.45) is 4.22. The molecule has 0 N–H and O–H groups in total. The third-order valence-electron chi connectivity index (χ3n) is 5.64. The molecule has 5 aromatic carbocycles. The summed E-state index contributed by atoms with van der Waals surface area (Å²) in [7, 11) is 0. The van der Waals surface area contributed by atoms with Gasteiger partial charge in [-0.3, -0.25) is 0 Å². The number of benzene rings is 5. The zero-order valence-electron chi connectivity index (χ0n) is 17.1. The van der Waals surface area contributed by atoms with E-state index in [1.54, 1.807) is 23.5 Å². The molecular formula is C28H22S2. The van der Waals surface area contributed by atoms with E-state index in [1.165, 1.54) is 53.6 Å². The summed E-state index contributed by atoms with van der Waals surface area (Å²) in [4.78, 5) is 2.59. The number of hydrogen-bond donors (Lipinski definition) is 0. The summed E-state index contributed by atoms with van der Waals surface area (Å²) in [6.45, 7) is 0. The lowest BCUT2D eigenvalue weighted by Crippen LogP contribution is -1.83. The highest BCUT2D eigenvalue weighted by molar-refractivity contribution is 7.98. The molecule has 0 radical (unpaired) electrons. The molecule has 0 aromatic heterocycles. The van der Waals surface area contributed by atoms with Crippen LogP contribution in [0.3, 0.4) is 0 Å². The fourth-order valence-electron chi connectivity index (χ4n) is 3.92. The molecule has 0 heterocycles. The van der Waals surface area contributed by atoms with Crippen LogP contribution in [0.25, 0.3) is 43.8 Å². The number of thioether (sulfide) groups is 2. The van der Waals surface area contributed by atoms with E-state index in [9.17, 15) is 0 Å². The predicted octanol–water partition coefficient (Wildman–Crippen LogP) is 8.77. The maximum absolute atomic E-state index is 2.31. The van der Waals surface area contributed by atoms with Crippen molar-refractivity contribution >= 4 is 45.1 Å². The Morgan fingerprint density at radius 1 is 0.367 bits per heavy atom. The molecule has 146 valence electrons. The lowest BCUT2D eigenvalue weighted by atomic mass is 9.96. The molecule has 2 heteroatoms. The highest BCUT2D eigenvalue weighted by atomic mass is 32.2. The fraction of sp³-hybridized carbons (Fsp3) is 0.0714. The van der Waals surface area contributed by atoms with Crippen LogP contribution in [-0.2, 0) is 0 Å². The normalized spacial score (nSPS) is 11.3. The standard InChI is InChI=1S/C28H22S2/c1-29-27-11-7-19(8-12-27)21-3-5-23-18-26-16-22(4-6-24(26)17-25(23)15-21)20-9-13-28(30-2)14-10-20/h3-18H,1-2H3. The van der Waals surface area contributed by atoms with Crippen molar-refractivity contribution in [3.8, 4) is 22.3 Å². The zero-order chi connectivity index (χ0) is 20.5. The maximum atomic E-state index is 2.31. The highest BCUT2D eigenvalue weighted by Crippen LogP contribution is 2.31. The minimum atomic E-state index is 1.26. The Labute approximate surface area is 186 Å². The Morgan fingerprint density at radius 3 is 1.10 bits per heavy atom. The lowest BCUT2D eigenvalue weighted by Gasteiger charge is -2.09. The van der Waals surface area contributed by atoms with Gasteiger partial charge in [0.05, 0.1) is 0 Å². The monoisotopic (exact) mass is 422 g/mol. The average molecular weight is 423 g/mol. The summed E-state index contributed by atoms with van der Waals surface area (Å²) < 4.78 is 0. The first-order valence-electron chi connectivity index (χ1n) is 10.00. The van der Waals surface area contributed by atoms with E-state index in [1.807, 2.05) is 0 Å². The molecule has 0 atom stereocenters. The van der Waals surface area contributed by atoms with Crippen LogP contribution in [0.4, 0.5) is 0 Å². The van der Waals surface area contributed by atoms with E-state index in [-0.39, 0.29) is 0 Å². The molecule has 0 spiro atoms. The molecule has 5 aromatic rings. The number of rotatable bonds is 4. The maximum Gasteiger partial charge on any atom is 0.00695 e. The van der Waals surface area contributed by atoms with Crippen molar-refractivity contribution in [2.45, 2.75) is 9.79 Å². The Balaban J connectivity index is 1.55. The summed E-state index contributed by atoms with van der Waals surface area (Å²) >= 11 is 3.55. The van der Waals surface area contributed by atoms with E-state index in [2.05, 4.69) is 110 Å². The van der Waals surface area contributed by atoms with Gasteiger partial charge >= 0.3 is 0 Å². The van der Waals surface area contributed by atoms with Gasteiger partial charge < -0.3 is 0 Å². The van der Waals surface area contributed by atoms with Gasteiger partial charge in [0.25, 0.3) is 0 Å². The molecule has 0 amide bonds. The summed E-state index contributed by atoms with van der Waals surface area (Å²) in [6, 6.07) is 35.8. The fourth-order valence-corrected chi connectivity index (χ4v) is 4.74. The smallest absolute Gasteiger partial charge is 0.00695 e. The minimum absolute atomic E-state index is 1.26. The molecule has 30 heavy (non-hydrogen) atoms. The van der Waals surface area contributed by atoms with Gasteiger partial charge in [0.1, 0.15) is 0 Å². The van der Waals surface area contributed by atoms with Gasteiger partial charge in [-0.2, -0.15) is 0 Å². The molecule has 5 rings (SSSR count). The van der Waals surface area contributed by atoms with Crippen LogP contribution in [0.5, 0.6) is 0 Å². The quantitative estimate of drug-likeness (QED) is 0.210. The van der Waals surface area contributed by atoms with Crippen LogP contribution in [0.1, 0.15) is 0 Å². The summed E-state index contributed by atoms with van der Waals surface area (Å²) in [5.74, 6) is 0. The second-order valence-corrected chi connectivity index (χ2v) is 9.19. The van der Waals surface area contributed by atoms with Crippen molar-refractivity contribution in [1.82, 2.24) is 0 Å². The largest absolute Gasteiger partial charge is 0.130 e. The Hall–Kier alpha value is -2.68. The first-order valence-corrected chi connectivity index (χ1v) is 12.4. The lowest BCUT2D eigenvalue weighted by molar-refractivity contribution is 1.46. The molecule has 0 fully saturated rings. The third kappa shape index (κ3) is 3.74. The van der Waals surface area contributed by atoms with E-state index in [4.69, 9.17) is 0 Å². The van der Waals surface area contributed by atoms with E-state index in [0.717, 1.165) is 0 Å². The second-order valence-electron chi connectivity index (χ2n) is 7.43. The van der Waals surface area contributed by atoms with Crippen LogP contribution in [-0.4, -0.2) is 12.5 Å². The van der Waals surface area contributed by atoms with Gasteiger partial charge in [-0.1, -0.05) is 48.5 Å². The third-order valence-corrected chi connectivity index (χ3v) is 7.13. The van der Waals surface area contributed by atoms with Crippen molar-refractivity contribution in [3.05, 3.63) is 97.1 Å². The van der Waals surface area contributed by atoms with Gasteiger partial charge in [-0.25, -0.2) is 0 Å². The van der Waals surface area contributed by atoms with Gasteiger partial charge in [0.15, 0.2) is 0 Å². The second kappa shape index (κ2) is 8.22. The van der Waals surface area contributed by atoms with Crippen molar-refractivity contribution in [2.75, 3.05) is 12.5 Å². The molecule has 0 aliphatic carbocycles. The van der Waals surface area contributed by atoms with Gasteiger partial charge in [0, 0.05) is 9.79 Å². The molecule has 0 nitrogen and oxygen atoms in total. The van der Waals surface area contributed by atoms with E-state index < -0.39 is 0 Å². The number of fused-ring (bicyclic) bond motifs is 2. The van der Waals surface area contributed by atoms with Crippen molar-refractivity contribution < 1.29 is 0 Å². The minimum Gasteiger partial charge on any atom is -0.130 e. The molecule has 0 unspecified atom stereocenters. The SMILES string of the molecule is CSc1ccc(-c2ccc3cc4cc(-c5ccc(SC)cc5)ccc4cc3c2)cc1. The zero-order valence-corrected chi connectivity index (χ0v) is 18.7. The van der Waals surface area contributed by atoms with Crippen molar-refractivity contribution in [2.24, 2.45) is 0 Å². The molecule has 0 saturated heterocycles. The van der Waals surface area contributed by atoms with E-state index in [0.29, 0.717) is 0 Å². The van der Waals surface area contributed by atoms with Crippen LogP contribution in [0.2, 0.25) is 0 Å². The first-order chi connectivity index (χ1) is 14.7. The summed E-state index contributed by atoms with van der Waals surface area (Å²) in [5, 5.41) is 5.13. The van der Waals surface area contributed by atoms with Crippen LogP contribution in [0.15, 0.2) is 107 Å². The van der Waals surface area contributed by atoms with Gasteiger partial charge in [-0.15, -0.1) is 23.5 Å². The Kier molecular flexibility index (Phi) is 5.28. The van der Waals surface area contributed by atoms with Crippen molar-refractivity contribution in [3.63, 3.8) is 0 Å². The highest BCUT2D eigenvalue weighted by Gasteiger charge is 2.05. The Morgan fingerprint density at radius 2 is 0.733 bits per heavy atom. The van der Waals surface area contributed by atoms with Gasteiger partial charge in [-0.05, 0) is 105 Å². The van der Waals surface area contributed by atoms with Crippen molar-refractivity contribution in [1.29, 1.82) is 0 Å². The molecule has 0 aliphatic rings. The van der Waals surface area contributed by atoms with Crippen LogP contribution < -0.4 is 0 Å². The first kappa shape index (κ1) is 19.3. The summed E-state index contributed by atoms with van der Waals surface area (Å²) in [5.41, 5.74) is 5.05. The van der Waals surface area contributed by atoms with Crippen LogP contribution >= 0.6 is 23.5 Å².